The molecule has 1 heterocycles. The highest BCUT2D eigenvalue weighted by Crippen LogP contribution is 2.26. The van der Waals surface area contributed by atoms with Crippen LogP contribution in [0.1, 0.15) is 16.1 Å². The molecule has 0 fully saturated rings. The number of rotatable bonds is 2. The lowest BCUT2D eigenvalue weighted by atomic mass is 10.2. The van der Waals surface area contributed by atoms with Gasteiger partial charge in [-0.05, 0) is 41.1 Å². The number of aryl methyl sites for hydroxylation is 1. The van der Waals surface area contributed by atoms with Gasteiger partial charge >= 0.3 is 0 Å². The average molecular weight is 315 g/mol. The van der Waals surface area contributed by atoms with Crippen LogP contribution in [0.25, 0.3) is 0 Å². The van der Waals surface area contributed by atoms with E-state index in [1.54, 1.807) is 25.1 Å². The minimum absolute atomic E-state index is 0.209. The highest BCUT2D eigenvalue weighted by atomic mass is 79.9. The Morgan fingerprint density at radius 1 is 1.53 bits per heavy atom. The van der Waals surface area contributed by atoms with E-state index < -0.39 is 0 Å². The average Bonchev–Trinajstić information content (AvgIpc) is 2.68. The molecular formula is C11H9BrClN3O. The van der Waals surface area contributed by atoms with Crippen molar-refractivity contribution in [1.82, 2.24) is 10.2 Å². The molecule has 0 unspecified atom stereocenters. The topological polar surface area (TPSA) is 57.8 Å². The van der Waals surface area contributed by atoms with E-state index in [9.17, 15) is 4.79 Å². The predicted molar refractivity (Wildman–Crippen MR) is 70.4 cm³/mol. The summed E-state index contributed by atoms with van der Waals surface area (Å²) in [6.07, 6.45) is 1.49. The van der Waals surface area contributed by atoms with Gasteiger partial charge in [0.2, 0.25) is 0 Å². The number of amides is 1. The van der Waals surface area contributed by atoms with Crippen LogP contribution in [-0.4, -0.2) is 16.1 Å². The Hall–Kier alpha value is -1.33. The number of nitrogens with one attached hydrogen (secondary N) is 2. The monoisotopic (exact) mass is 313 g/mol. The van der Waals surface area contributed by atoms with Gasteiger partial charge in [-0.15, -0.1) is 0 Å². The number of carbonyl (C=O) groups excluding carboxylic acids is 1. The second-order valence-electron chi connectivity index (χ2n) is 3.49. The van der Waals surface area contributed by atoms with Gasteiger partial charge in [-0.25, -0.2) is 0 Å². The number of hydrogen-bond acceptors (Lipinski definition) is 2. The van der Waals surface area contributed by atoms with E-state index in [0.717, 1.165) is 10.2 Å². The van der Waals surface area contributed by atoms with Gasteiger partial charge < -0.3 is 5.32 Å². The lowest BCUT2D eigenvalue weighted by Gasteiger charge is -2.06. The summed E-state index contributed by atoms with van der Waals surface area (Å²) in [7, 11) is 0. The Balaban J connectivity index is 2.22. The summed E-state index contributed by atoms with van der Waals surface area (Å²) in [5.74, 6) is -0.209. The maximum Gasteiger partial charge on any atom is 0.259 e. The standard InChI is InChI=1S/C11H9BrClN3O/c1-6-8(5-14-16-6)11(17)15-10-3-2-7(13)4-9(10)12/h2-5H,1H3,(H,14,16)(H,15,17). The van der Waals surface area contributed by atoms with E-state index >= 15 is 0 Å². The first-order valence-corrected chi connectivity index (χ1v) is 6.01. The van der Waals surface area contributed by atoms with Gasteiger partial charge in [-0.1, -0.05) is 11.6 Å². The number of aromatic amines is 1. The summed E-state index contributed by atoms with van der Waals surface area (Å²) >= 11 is 9.16. The van der Waals surface area contributed by atoms with Crippen LogP contribution >= 0.6 is 27.5 Å². The van der Waals surface area contributed by atoms with Crippen LogP contribution in [0.5, 0.6) is 0 Å². The normalized spacial score (nSPS) is 10.3. The molecular weight excluding hydrogens is 305 g/mol. The Kier molecular flexibility index (Phi) is 3.49. The molecule has 0 saturated carbocycles. The van der Waals surface area contributed by atoms with E-state index in [1.165, 1.54) is 6.20 Å². The Bertz CT molecular complexity index is 568. The molecule has 0 atom stereocenters. The number of nitrogens with zero attached hydrogens (tertiary/aromatic N) is 1. The molecule has 0 radical (unpaired) electrons. The second-order valence-corrected chi connectivity index (χ2v) is 4.78. The van der Waals surface area contributed by atoms with E-state index in [-0.39, 0.29) is 5.91 Å². The van der Waals surface area contributed by atoms with Crippen molar-refractivity contribution in [2.24, 2.45) is 0 Å². The van der Waals surface area contributed by atoms with E-state index in [2.05, 4.69) is 31.4 Å². The maximum atomic E-state index is 11.9. The van der Waals surface area contributed by atoms with Crippen LogP contribution < -0.4 is 5.32 Å². The molecule has 0 spiro atoms. The summed E-state index contributed by atoms with van der Waals surface area (Å²) in [5, 5.41) is 9.90. The van der Waals surface area contributed by atoms with Crippen LogP contribution in [0.4, 0.5) is 5.69 Å². The lowest BCUT2D eigenvalue weighted by Crippen LogP contribution is -2.12. The first-order valence-electron chi connectivity index (χ1n) is 4.84. The molecule has 1 aromatic carbocycles. The fourth-order valence-corrected chi connectivity index (χ4v) is 2.14. The molecule has 0 aliphatic rings. The zero-order valence-corrected chi connectivity index (χ0v) is 11.3. The van der Waals surface area contributed by atoms with Gasteiger partial charge in [0, 0.05) is 15.2 Å². The predicted octanol–water partition coefficient (Wildman–Crippen LogP) is 3.39. The van der Waals surface area contributed by atoms with Crippen molar-refractivity contribution in [3.63, 3.8) is 0 Å². The molecule has 2 aromatic rings. The molecule has 0 saturated heterocycles. The Labute approximate surface area is 111 Å². The van der Waals surface area contributed by atoms with Crippen molar-refractivity contribution < 1.29 is 4.79 Å². The number of anilines is 1. The third-order valence-corrected chi connectivity index (χ3v) is 3.15. The first-order chi connectivity index (χ1) is 8.08. The van der Waals surface area contributed by atoms with Crippen molar-refractivity contribution in [1.29, 1.82) is 0 Å². The fraction of sp³-hybridized carbons (Fsp3) is 0.0909. The zero-order chi connectivity index (χ0) is 12.4. The highest BCUT2D eigenvalue weighted by molar-refractivity contribution is 9.10. The van der Waals surface area contributed by atoms with Crippen molar-refractivity contribution in [2.45, 2.75) is 6.92 Å². The number of H-pyrrole nitrogens is 1. The summed E-state index contributed by atoms with van der Waals surface area (Å²) in [6.45, 7) is 1.79. The molecule has 4 nitrogen and oxygen atoms in total. The van der Waals surface area contributed by atoms with E-state index in [4.69, 9.17) is 11.6 Å². The number of carbonyl (C=O) groups is 1. The molecule has 88 valence electrons. The van der Waals surface area contributed by atoms with Crippen molar-refractivity contribution in [2.75, 3.05) is 5.32 Å². The van der Waals surface area contributed by atoms with Crippen molar-refractivity contribution in [3.05, 3.63) is 45.1 Å². The first kappa shape index (κ1) is 12.1. The molecule has 0 bridgehead atoms. The van der Waals surface area contributed by atoms with Crippen LogP contribution in [0.15, 0.2) is 28.9 Å². The zero-order valence-electron chi connectivity index (χ0n) is 8.92. The summed E-state index contributed by atoms with van der Waals surface area (Å²) in [5.41, 5.74) is 1.92. The quantitative estimate of drug-likeness (QED) is 0.892. The maximum absolute atomic E-state index is 11.9. The molecule has 1 amide bonds. The molecule has 0 aliphatic carbocycles. The van der Waals surface area contributed by atoms with Crippen LogP contribution in [0.2, 0.25) is 5.02 Å². The molecule has 2 N–H and O–H groups in total. The number of hydrogen-bond donors (Lipinski definition) is 2. The van der Waals surface area contributed by atoms with E-state index in [1.807, 2.05) is 0 Å². The third-order valence-electron chi connectivity index (χ3n) is 2.25. The van der Waals surface area contributed by atoms with E-state index in [0.29, 0.717) is 16.3 Å². The molecule has 2 rings (SSSR count). The molecule has 6 heteroatoms. The largest absolute Gasteiger partial charge is 0.321 e. The third kappa shape index (κ3) is 2.68. The van der Waals surface area contributed by atoms with Crippen LogP contribution in [0, 0.1) is 6.92 Å². The van der Waals surface area contributed by atoms with Gasteiger partial charge in [-0.2, -0.15) is 5.10 Å². The summed E-state index contributed by atoms with van der Waals surface area (Å²) in [6, 6.07) is 5.17. The molecule has 1 aromatic heterocycles. The van der Waals surface area contributed by atoms with Crippen LogP contribution in [0.3, 0.4) is 0 Å². The van der Waals surface area contributed by atoms with Gasteiger partial charge in [0.15, 0.2) is 0 Å². The van der Waals surface area contributed by atoms with Gasteiger partial charge in [-0.3, -0.25) is 9.89 Å². The minimum Gasteiger partial charge on any atom is -0.321 e. The second kappa shape index (κ2) is 4.89. The molecule has 17 heavy (non-hydrogen) atoms. The minimum atomic E-state index is -0.209. The molecule has 0 aliphatic heterocycles. The van der Waals surface area contributed by atoms with Crippen molar-refractivity contribution >= 4 is 39.1 Å². The number of benzene rings is 1. The summed E-state index contributed by atoms with van der Waals surface area (Å²) < 4.78 is 0.736. The van der Waals surface area contributed by atoms with Gasteiger partial charge in [0.25, 0.3) is 5.91 Å². The lowest BCUT2D eigenvalue weighted by molar-refractivity contribution is 0.102. The summed E-state index contributed by atoms with van der Waals surface area (Å²) in [4.78, 5) is 11.9. The van der Waals surface area contributed by atoms with Gasteiger partial charge in [0.1, 0.15) is 0 Å². The van der Waals surface area contributed by atoms with Gasteiger partial charge in [0.05, 0.1) is 17.4 Å². The SMILES string of the molecule is Cc1[nH]ncc1C(=O)Nc1ccc(Cl)cc1Br. The highest BCUT2D eigenvalue weighted by Gasteiger charge is 2.12. The van der Waals surface area contributed by atoms with Crippen molar-refractivity contribution in [3.8, 4) is 0 Å². The smallest absolute Gasteiger partial charge is 0.259 e. The fourth-order valence-electron chi connectivity index (χ4n) is 1.36. The Morgan fingerprint density at radius 3 is 2.88 bits per heavy atom. The number of aromatic nitrogens is 2. The Morgan fingerprint density at radius 2 is 2.29 bits per heavy atom. The van der Waals surface area contributed by atoms with Crippen LogP contribution in [-0.2, 0) is 0 Å². The number of halogens is 2.